The van der Waals surface area contributed by atoms with Gasteiger partial charge in [-0.05, 0) is 74.0 Å². The van der Waals surface area contributed by atoms with Crippen LogP contribution in [0, 0.1) is 22.9 Å². The fourth-order valence-corrected chi connectivity index (χ4v) is 5.30. The summed E-state index contributed by atoms with van der Waals surface area (Å²) in [6, 6.07) is 18.9. The summed E-state index contributed by atoms with van der Waals surface area (Å²) >= 11 is 4.70. The van der Waals surface area contributed by atoms with Gasteiger partial charge in [0.05, 0.1) is 6.61 Å². The highest BCUT2D eigenvalue weighted by Crippen LogP contribution is 2.41. The summed E-state index contributed by atoms with van der Waals surface area (Å²) in [4.78, 5) is 11.3. The molecule has 0 amide bonds. The summed E-state index contributed by atoms with van der Waals surface area (Å²) in [5.41, 5.74) is 2.08. The van der Waals surface area contributed by atoms with Crippen LogP contribution < -0.4 is 9.47 Å². The first-order chi connectivity index (χ1) is 17.8. The van der Waals surface area contributed by atoms with Crippen molar-refractivity contribution in [1.82, 2.24) is 14.8 Å². The predicted molar refractivity (Wildman–Crippen MR) is 143 cm³/mol. The number of nitro groups is 1. The standard InChI is InChI=1S/C26H24BrFN4O4S/c1-3-35-22-10-8-21(9-11-22)32-17(2)29-30-26(32)37-25(15-31(33)34)23-14-19(27)7-12-24(23)36-16-18-5-4-6-20(28)13-18/h4-14,25H,3,15-16H2,1-2H3/t25-/m1/s1. The number of rotatable bonds is 11. The van der Waals surface area contributed by atoms with E-state index in [1.54, 1.807) is 30.3 Å². The molecule has 0 aliphatic rings. The molecule has 0 saturated carbocycles. The third kappa shape index (κ3) is 6.86. The van der Waals surface area contributed by atoms with E-state index in [2.05, 4.69) is 26.1 Å². The van der Waals surface area contributed by atoms with Crippen molar-refractivity contribution in [1.29, 1.82) is 0 Å². The van der Waals surface area contributed by atoms with Crippen LogP contribution >= 0.6 is 27.7 Å². The van der Waals surface area contributed by atoms with Crippen molar-refractivity contribution >= 4 is 27.7 Å². The number of halogens is 2. The molecule has 3 aromatic carbocycles. The molecule has 0 N–H and O–H groups in total. The van der Waals surface area contributed by atoms with E-state index in [1.807, 2.05) is 42.7 Å². The van der Waals surface area contributed by atoms with Crippen molar-refractivity contribution in [2.24, 2.45) is 0 Å². The van der Waals surface area contributed by atoms with Crippen LogP contribution in [0.5, 0.6) is 11.5 Å². The van der Waals surface area contributed by atoms with Gasteiger partial charge in [0.15, 0.2) is 5.16 Å². The van der Waals surface area contributed by atoms with Crippen LogP contribution in [0.4, 0.5) is 4.39 Å². The maximum Gasteiger partial charge on any atom is 0.220 e. The summed E-state index contributed by atoms with van der Waals surface area (Å²) in [5, 5.41) is 20.1. The monoisotopic (exact) mass is 586 g/mol. The van der Waals surface area contributed by atoms with Gasteiger partial charge in [0.25, 0.3) is 0 Å². The molecule has 4 aromatic rings. The molecule has 1 atom stereocenters. The van der Waals surface area contributed by atoms with Gasteiger partial charge < -0.3 is 9.47 Å². The second kappa shape index (κ2) is 12.2. The van der Waals surface area contributed by atoms with Gasteiger partial charge in [-0.2, -0.15) is 0 Å². The Bertz CT molecular complexity index is 1380. The van der Waals surface area contributed by atoms with E-state index in [0.29, 0.717) is 34.5 Å². The molecule has 0 saturated heterocycles. The molecule has 0 spiro atoms. The Hall–Kier alpha value is -3.44. The van der Waals surface area contributed by atoms with Gasteiger partial charge in [-0.1, -0.05) is 39.8 Å². The Morgan fingerprint density at radius 2 is 1.89 bits per heavy atom. The van der Waals surface area contributed by atoms with Gasteiger partial charge in [-0.3, -0.25) is 14.7 Å². The molecule has 8 nitrogen and oxygen atoms in total. The van der Waals surface area contributed by atoms with Crippen LogP contribution in [0.25, 0.3) is 5.69 Å². The number of nitrogens with zero attached hydrogens (tertiary/aromatic N) is 4. The van der Waals surface area contributed by atoms with Crippen molar-refractivity contribution in [3.8, 4) is 17.2 Å². The molecule has 4 rings (SSSR count). The van der Waals surface area contributed by atoms with E-state index < -0.39 is 5.25 Å². The molecular formula is C26H24BrFN4O4S. The highest BCUT2D eigenvalue weighted by atomic mass is 79.9. The number of thioether (sulfide) groups is 1. The molecule has 0 radical (unpaired) electrons. The minimum absolute atomic E-state index is 0.115. The Labute approximate surface area is 226 Å². The van der Waals surface area contributed by atoms with Crippen LogP contribution in [0.15, 0.2) is 76.4 Å². The van der Waals surface area contributed by atoms with Crippen molar-refractivity contribution < 1.29 is 18.8 Å². The van der Waals surface area contributed by atoms with E-state index in [0.717, 1.165) is 15.9 Å². The summed E-state index contributed by atoms with van der Waals surface area (Å²) in [7, 11) is 0. The van der Waals surface area contributed by atoms with Crippen molar-refractivity contribution in [3.05, 3.63) is 104 Å². The summed E-state index contributed by atoms with van der Waals surface area (Å²) in [6.45, 7) is 4.05. The molecule has 0 aliphatic carbocycles. The van der Waals surface area contributed by atoms with Crippen LogP contribution in [-0.4, -0.2) is 32.8 Å². The topological polar surface area (TPSA) is 92.3 Å². The highest BCUT2D eigenvalue weighted by Gasteiger charge is 2.27. The van der Waals surface area contributed by atoms with E-state index in [4.69, 9.17) is 9.47 Å². The second-order valence-electron chi connectivity index (χ2n) is 8.01. The minimum atomic E-state index is -0.639. The molecule has 1 heterocycles. The SMILES string of the molecule is CCOc1ccc(-n2c(C)nnc2S[C@H](C[N+](=O)[O-])c2cc(Br)ccc2OCc2cccc(F)c2)cc1. The quantitative estimate of drug-likeness (QED) is 0.111. The number of ether oxygens (including phenoxy) is 2. The number of hydrogen-bond acceptors (Lipinski definition) is 7. The van der Waals surface area contributed by atoms with E-state index in [1.165, 1.54) is 23.9 Å². The van der Waals surface area contributed by atoms with Gasteiger partial charge in [-0.25, -0.2) is 4.39 Å². The van der Waals surface area contributed by atoms with Gasteiger partial charge >= 0.3 is 0 Å². The molecule has 0 fully saturated rings. The second-order valence-corrected chi connectivity index (χ2v) is 10.1. The van der Waals surface area contributed by atoms with Crippen molar-refractivity contribution in [2.45, 2.75) is 30.9 Å². The van der Waals surface area contributed by atoms with Crippen LogP contribution in [0.3, 0.4) is 0 Å². The molecule has 0 unspecified atom stereocenters. The van der Waals surface area contributed by atoms with Crippen LogP contribution in [0.2, 0.25) is 0 Å². The molecule has 192 valence electrons. The van der Waals surface area contributed by atoms with E-state index in [-0.39, 0.29) is 23.9 Å². The average molecular weight is 587 g/mol. The predicted octanol–water partition coefficient (Wildman–Crippen LogP) is 6.57. The smallest absolute Gasteiger partial charge is 0.220 e. The first kappa shape index (κ1) is 26.6. The number of aromatic nitrogens is 3. The minimum Gasteiger partial charge on any atom is -0.494 e. The normalized spacial score (nSPS) is 11.8. The zero-order valence-electron chi connectivity index (χ0n) is 20.1. The fourth-order valence-electron chi connectivity index (χ4n) is 3.73. The molecule has 11 heteroatoms. The van der Waals surface area contributed by atoms with Crippen LogP contribution in [0.1, 0.15) is 29.1 Å². The van der Waals surface area contributed by atoms with Gasteiger partial charge in [-0.15, -0.1) is 10.2 Å². The van der Waals surface area contributed by atoms with Gasteiger partial charge in [0.1, 0.15) is 35.0 Å². The van der Waals surface area contributed by atoms with E-state index >= 15 is 0 Å². The largest absolute Gasteiger partial charge is 0.494 e. The van der Waals surface area contributed by atoms with Crippen molar-refractivity contribution in [2.75, 3.05) is 13.2 Å². The maximum absolute atomic E-state index is 13.6. The third-order valence-electron chi connectivity index (χ3n) is 5.37. The lowest BCUT2D eigenvalue weighted by Crippen LogP contribution is -2.13. The first-order valence-corrected chi connectivity index (χ1v) is 13.1. The van der Waals surface area contributed by atoms with Crippen molar-refractivity contribution in [3.63, 3.8) is 0 Å². The zero-order chi connectivity index (χ0) is 26.4. The lowest BCUT2D eigenvalue weighted by Gasteiger charge is -2.18. The molecule has 0 bridgehead atoms. The Kier molecular flexibility index (Phi) is 8.78. The molecule has 0 aliphatic heterocycles. The third-order valence-corrected chi connectivity index (χ3v) is 7.02. The Morgan fingerprint density at radius 3 is 2.59 bits per heavy atom. The van der Waals surface area contributed by atoms with E-state index in [9.17, 15) is 14.5 Å². The Morgan fingerprint density at radius 1 is 1.11 bits per heavy atom. The summed E-state index contributed by atoms with van der Waals surface area (Å²) < 4.78 is 27.8. The first-order valence-electron chi connectivity index (χ1n) is 11.4. The average Bonchev–Trinajstić information content (AvgIpc) is 3.23. The number of benzene rings is 3. The summed E-state index contributed by atoms with van der Waals surface area (Å²) in [6.07, 6.45) is 0. The van der Waals surface area contributed by atoms with Gasteiger partial charge in [0, 0.05) is 20.6 Å². The molecule has 37 heavy (non-hydrogen) atoms. The fraction of sp³-hybridized carbons (Fsp3) is 0.231. The maximum atomic E-state index is 13.6. The Balaban J connectivity index is 1.66. The molecular weight excluding hydrogens is 563 g/mol. The lowest BCUT2D eigenvalue weighted by molar-refractivity contribution is -0.479. The molecule has 1 aromatic heterocycles. The summed E-state index contributed by atoms with van der Waals surface area (Å²) in [5.74, 6) is 1.49. The number of hydrogen-bond donors (Lipinski definition) is 0. The lowest BCUT2D eigenvalue weighted by atomic mass is 10.1. The number of aryl methyl sites for hydroxylation is 1. The van der Waals surface area contributed by atoms with Crippen LogP contribution in [-0.2, 0) is 6.61 Å². The van der Waals surface area contributed by atoms with Gasteiger partial charge in [0.2, 0.25) is 6.54 Å². The zero-order valence-corrected chi connectivity index (χ0v) is 22.5. The highest BCUT2D eigenvalue weighted by molar-refractivity contribution is 9.10.